The number of halogens is 1. The number of nitrogens with two attached hydrogens (primary N) is 1. The molecule has 0 spiro atoms. The van der Waals surface area contributed by atoms with Crippen molar-refractivity contribution in [1.82, 2.24) is 0 Å². The summed E-state index contributed by atoms with van der Waals surface area (Å²) in [6.07, 6.45) is 1.99. The molecule has 0 heterocycles. The van der Waals surface area contributed by atoms with E-state index in [1.165, 1.54) is 12.1 Å². The van der Waals surface area contributed by atoms with Crippen molar-refractivity contribution in [1.29, 1.82) is 0 Å². The van der Waals surface area contributed by atoms with Crippen LogP contribution < -0.4 is 5.73 Å². The van der Waals surface area contributed by atoms with Crippen molar-refractivity contribution in [3.8, 4) is 11.5 Å². The Labute approximate surface area is 104 Å². The van der Waals surface area contributed by atoms with Crippen LogP contribution in [0.5, 0.6) is 11.5 Å². The van der Waals surface area contributed by atoms with E-state index < -0.39 is 22.1 Å². The number of hydrogen-bond acceptors (Lipinski definition) is 5. The highest BCUT2D eigenvalue weighted by molar-refractivity contribution is 5.85. The fourth-order valence-corrected chi connectivity index (χ4v) is 1.68. The number of hydrogen-bond donors (Lipinski definition) is 3. The van der Waals surface area contributed by atoms with E-state index in [9.17, 15) is 20.3 Å². The zero-order chi connectivity index (χ0) is 11.9. The minimum atomic E-state index is -0.738. The molecule has 7 heteroatoms. The van der Waals surface area contributed by atoms with Crippen molar-refractivity contribution in [2.45, 2.75) is 18.9 Å². The summed E-state index contributed by atoms with van der Waals surface area (Å²) in [4.78, 5) is 9.89. The van der Waals surface area contributed by atoms with E-state index in [1.54, 1.807) is 0 Å². The summed E-state index contributed by atoms with van der Waals surface area (Å²) in [5.74, 6) is -0.888. The van der Waals surface area contributed by atoms with Gasteiger partial charge in [0, 0.05) is 12.1 Å². The first-order valence-corrected chi connectivity index (χ1v) is 4.96. The lowest BCUT2D eigenvalue weighted by atomic mass is 10.0. The molecule has 1 atom stereocenters. The van der Waals surface area contributed by atoms with E-state index in [2.05, 4.69) is 0 Å². The second-order valence-corrected chi connectivity index (χ2v) is 4.03. The van der Waals surface area contributed by atoms with Gasteiger partial charge >= 0.3 is 5.69 Å². The van der Waals surface area contributed by atoms with Crippen molar-refractivity contribution in [2.75, 3.05) is 0 Å². The Morgan fingerprint density at radius 3 is 2.47 bits per heavy atom. The maximum atomic E-state index is 10.6. The van der Waals surface area contributed by atoms with Gasteiger partial charge in [0.2, 0.25) is 5.75 Å². The van der Waals surface area contributed by atoms with Gasteiger partial charge in [0.1, 0.15) is 0 Å². The van der Waals surface area contributed by atoms with Crippen molar-refractivity contribution in [2.24, 2.45) is 11.7 Å². The van der Waals surface area contributed by atoms with E-state index in [0.717, 1.165) is 12.8 Å². The zero-order valence-corrected chi connectivity index (χ0v) is 9.68. The molecule has 94 valence electrons. The molecule has 0 radical (unpaired) electrons. The number of phenols is 2. The Bertz CT molecular complexity index is 448. The topological polar surface area (TPSA) is 110 Å². The molecule has 1 aromatic carbocycles. The third-order valence-electron chi connectivity index (χ3n) is 2.80. The molecular formula is C10H13ClN2O4. The standard InChI is InChI=1S/C10H12N2O4.ClH/c11-9(5-1-2-5)6-3-7(12(15)16)10(14)8(13)4-6;/h3-5,9,13-14H,1-2,11H2;1H/t9-;/m1./s1. The molecule has 0 amide bonds. The van der Waals surface area contributed by atoms with Gasteiger partial charge in [-0.05, 0) is 30.4 Å². The number of nitro benzene ring substituents is 1. The average molecular weight is 261 g/mol. The van der Waals surface area contributed by atoms with Gasteiger partial charge in [-0.3, -0.25) is 10.1 Å². The van der Waals surface area contributed by atoms with E-state index in [-0.39, 0.29) is 18.4 Å². The van der Waals surface area contributed by atoms with E-state index in [1.807, 2.05) is 0 Å². The quantitative estimate of drug-likeness (QED) is 0.436. The largest absolute Gasteiger partial charge is 0.504 e. The second-order valence-electron chi connectivity index (χ2n) is 4.03. The zero-order valence-electron chi connectivity index (χ0n) is 8.87. The van der Waals surface area contributed by atoms with Crippen molar-refractivity contribution in [3.63, 3.8) is 0 Å². The fraction of sp³-hybridized carbons (Fsp3) is 0.400. The highest BCUT2D eigenvalue weighted by Crippen LogP contribution is 2.43. The molecule has 0 aliphatic heterocycles. The summed E-state index contributed by atoms with van der Waals surface area (Å²) in [6.45, 7) is 0. The molecule has 0 unspecified atom stereocenters. The molecule has 1 aliphatic carbocycles. The summed E-state index contributed by atoms with van der Waals surface area (Å²) in [5.41, 5.74) is 5.85. The number of rotatable bonds is 3. The van der Waals surface area contributed by atoms with Crippen LogP contribution in [0.3, 0.4) is 0 Å². The molecule has 4 N–H and O–H groups in total. The Morgan fingerprint density at radius 1 is 1.41 bits per heavy atom. The van der Waals surface area contributed by atoms with Crippen LogP contribution in [0.2, 0.25) is 0 Å². The minimum absolute atomic E-state index is 0. The van der Waals surface area contributed by atoms with Crippen LogP contribution in [-0.4, -0.2) is 15.1 Å². The van der Waals surface area contributed by atoms with Gasteiger partial charge in [-0.25, -0.2) is 0 Å². The summed E-state index contributed by atoms with van der Waals surface area (Å²) < 4.78 is 0. The van der Waals surface area contributed by atoms with E-state index >= 15 is 0 Å². The molecular weight excluding hydrogens is 248 g/mol. The number of nitrogens with zero attached hydrogens (tertiary/aromatic N) is 1. The van der Waals surface area contributed by atoms with Gasteiger partial charge < -0.3 is 15.9 Å². The van der Waals surface area contributed by atoms with Gasteiger partial charge in [0.15, 0.2) is 5.75 Å². The second kappa shape index (κ2) is 4.77. The van der Waals surface area contributed by atoms with E-state index in [0.29, 0.717) is 11.5 Å². The molecule has 2 rings (SSSR count). The highest BCUT2D eigenvalue weighted by atomic mass is 35.5. The predicted molar refractivity (Wildman–Crippen MR) is 63.3 cm³/mol. The number of benzene rings is 1. The monoisotopic (exact) mass is 260 g/mol. The van der Waals surface area contributed by atoms with Gasteiger partial charge in [0.05, 0.1) is 4.92 Å². The van der Waals surface area contributed by atoms with Crippen molar-refractivity contribution >= 4 is 18.1 Å². The summed E-state index contributed by atoms with van der Waals surface area (Å²) >= 11 is 0. The van der Waals surface area contributed by atoms with E-state index in [4.69, 9.17) is 5.73 Å². The molecule has 17 heavy (non-hydrogen) atoms. The molecule has 1 aromatic rings. The molecule has 0 aromatic heterocycles. The molecule has 1 aliphatic rings. The number of phenolic OH excluding ortho intramolecular Hbond substituents is 2. The Morgan fingerprint density at radius 2 is 2.00 bits per heavy atom. The minimum Gasteiger partial charge on any atom is -0.504 e. The van der Waals surface area contributed by atoms with Gasteiger partial charge in [-0.15, -0.1) is 12.4 Å². The lowest BCUT2D eigenvalue weighted by Crippen LogP contribution is -2.12. The van der Waals surface area contributed by atoms with Crippen molar-refractivity contribution < 1.29 is 15.1 Å². The number of aromatic hydroxyl groups is 2. The molecule has 0 bridgehead atoms. The number of nitro groups is 1. The van der Waals surface area contributed by atoms with Crippen LogP contribution in [0.25, 0.3) is 0 Å². The fourth-order valence-electron chi connectivity index (χ4n) is 1.68. The normalized spacial score (nSPS) is 16.1. The smallest absolute Gasteiger partial charge is 0.314 e. The Hall–Kier alpha value is -1.53. The third-order valence-corrected chi connectivity index (χ3v) is 2.80. The molecule has 0 saturated heterocycles. The maximum absolute atomic E-state index is 10.6. The van der Waals surface area contributed by atoms with Crippen LogP contribution in [0, 0.1) is 16.0 Å². The molecule has 1 fully saturated rings. The van der Waals surface area contributed by atoms with Gasteiger partial charge in [-0.1, -0.05) is 0 Å². The first-order chi connectivity index (χ1) is 7.50. The Balaban J connectivity index is 0.00000144. The molecule has 6 nitrogen and oxygen atoms in total. The highest BCUT2D eigenvalue weighted by Gasteiger charge is 2.31. The first kappa shape index (κ1) is 13.5. The summed E-state index contributed by atoms with van der Waals surface area (Å²) in [5, 5.41) is 29.3. The van der Waals surface area contributed by atoms with Crippen LogP contribution in [0.4, 0.5) is 5.69 Å². The average Bonchev–Trinajstić information content (AvgIpc) is 3.03. The summed E-state index contributed by atoms with van der Waals surface area (Å²) in [6, 6.07) is 2.19. The summed E-state index contributed by atoms with van der Waals surface area (Å²) in [7, 11) is 0. The van der Waals surface area contributed by atoms with Crippen LogP contribution in [0.1, 0.15) is 24.4 Å². The van der Waals surface area contributed by atoms with Gasteiger partial charge in [-0.2, -0.15) is 0 Å². The lowest BCUT2D eigenvalue weighted by molar-refractivity contribution is -0.386. The Kier molecular flexibility index (Phi) is 3.79. The van der Waals surface area contributed by atoms with Gasteiger partial charge in [0.25, 0.3) is 0 Å². The first-order valence-electron chi connectivity index (χ1n) is 4.96. The van der Waals surface area contributed by atoms with Crippen LogP contribution >= 0.6 is 12.4 Å². The third kappa shape index (κ3) is 2.59. The lowest BCUT2D eigenvalue weighted by Gasteiger charge is -2.11. The molecule has 1 saturated carbocycles. The maximum Gasteiger partial charge on any atom is 0.314 e. The van der Waals surface area contributed by atoms with Crippen LogP contribution in [-0.2, 0) is 0 Å². The SMILES string of the molecule is Cl.N[C@@H](c1cc(O)c(O)c([N+](=O)[O-])c1)C1CC1. The van der Waals surface area contributed by atoms with Crippen LogP contribution in [0.15, 0.2) is 12.1 Å². The predicted octanol–water partition coefficient (Wildman–Crippen LogP) is 1.84. The van der Waals surface area contributed by atoms with Crippen molar-refractivity contribution in [3.05, 3.63) is 27.8 Å².